The minimum absolute atomic E-state index is 0.163. The van der Waals surface area contributed by atoms with Gasteiger partial charge < -0.3 is 24.1 Å². The van der Waals surface area contributed by atoms with Crippen molar-refractivity contribution in [3.8, 4) is 0 Å². The van der Waals surface area contributed by atoms with Crippen LogP contribution >= 0.6 is 11.3 Å². The number of hydrogen-bond acceptors (Lipinski definition) is 7. The Labute approximate surface area is 192 Å². The summed E-state index contributed by atoms with van der Waals surface area (Å²) in [6, 6.07) is 13.0. The smallest absolute Gasteiger partial charge is 0.465 e. The van der Waals surface area contributed by atoms with Crippen LogP contribution in [0, 0.1) is 0 Å². The second-order valence-corrected chi connectivity index (χ2v) is 9.53. The minimum atomic E-state index is -0.655. The third kappa shape index (κ3) is 5.79. The SMILES string of the molecule is COC(=O)c1ccc(C=C(CNC(=O)OCc2ccccc2)B2OC(C)(C)C(C)(C)O2)s1. The number of carbonyl (C=O) groups excluding carboxylic acids is 2. The molecule has 1 aliphatic rings. The Balaban J connectivity index is 1.73. The van der Waals surface area contributed by atoms with Gasteiger partial charge in [0.1, 0.15) is 11.5 Å². The average molecular weight is 457 g/mol. The normalized spacial score (nSPS) is 17.2. The number of thiophene rings is 1. The molecule has 1 aliphatic heterocycles. The van der Waals surface area contributed by atoms with E-state index in [1.165, 1.54) is 18.4 Å². The van der Waals surface area contributed by atoms with Gasteiger partial charge in [-0.2, -0.15) is 0 Å². The molecule has 2 aromatic rings. The standard InChI is InChI=1S/C23H28BNO6S/c1-22(2)23(3,4)31-24(30-22)17(13-18-11-12-19(32-18)20(26)28-5)14-25-21(27)29-15-16-9-7-6-8-10-16/h6-13H,14-15H2,1-5H3,(H,25,27). The Bertz CT molecular complexity index is 969. The highest BCUT2D eigenvalue weighted by Crippen LogP contribution is 2.39. The van der Waals surface area contributed by atoms with Crippen LogP contribution in [-0.4, -0.2) is 44.0 Å². The first-order valence-corrected chi connectivity index (χ1v) is 11.1. The Morgan fingerprint density at radius 1 is 1.06 bits per heavy atom. The van der Waals surface area contributed by atoms with Crippen molar-refractivity contribution in [2.45, 2.75) is 45.5 Å². The topological polar surface area (TPSA) is 83.1 Å². The maximum absolute atomic E-state index is 12.3. The molecule has 2 heterocycles. The van der Waals surface area contributed by atoms with Crippen LogP contribution in [0.3, 0.4) is 0 Å². The largest absolute Gasteiger partial charge is 0.492 e. The zero-order valence-electron chi connectivity index (χ0n) is 19.0. The molecule has 0 saturated carbocycles. The lowest BCUT2D eigenvalue weighted by molar-refractivity contribution is 0.00578. The van der Waals surface area contributed by atoms with Crippen LogP contribution in [0.2, 0.25) is 0 Å². The van der Waals surface area contributed by atoms with E-state index in [9.17, 15) is 9.59 Å². The van der Waals surface area contributed by atoms with Crippen LogP contribution in [0.1, 0.15) is 47.8 Å². The van der Waals surface area contributed by atoms with Crippen molar-refractivity contribution >= 4 is 36.6 Å². The van der Waals surface area contributed by atoms with E-state index in [-0.39, 0.29) is 13.2 Å². The molecule has 7 nitrogen and oxygen atoms in total. The molecule has 0 bridgehead atoms. The number of alkyl carbamates (subject to hydrolysis) is 1. The Morgan fingerprint density at radius 2 is 1.72 bits per heavy atom. The van der Waals surface area contributed by atoms with E-state index in [4.69, 9.17) is 18.8 Å². The van der Waals surface area contributed by atoms with Crippen LogP contribution in [0.25, 0.3) is 6.08 Å². The minimum Gasteiger partial charge on any atom is -0.465 e. The maximum atomic E-state index is 12.3. The number of nitrogens with one attached hydrogen (secondary N) is 1. The van der Waals surface area contributed by atoms with E-state index in [0.29, 0.717) is 10.3 Å². The van der Waals surface area contributed by atoms with Gasteiger partial charge in [-0.15, -0.1) is 11.3 Å². The van der Waals surface area contributed by atoms with Crippen molar-refractivity contribution in [2.75, 3.05) is 13.7 Å². The highest BCUT2D eigenvalue weighted by molar-refractivity contribution is 7.14. The van der Waals surface area contributed by atoms with E-state index >= 15 is 0 Å². The lowest BCUT2D eigenvalue weighted by Crippen LogP contribution is -2.41. The number of amides is 1. The monoisotopic (exact) mass is 457 g/mol. The van der Waals surface area contributed by atoms with E-state index in [0.717, 1.165) is 10.4 Å². The molecule has 0 aliphatic carbocycles. The van der Waals surface area contributed by atoms with Crippen molar-refractivity contribution < 1.29 is 28.4 Å². The second kappa shape index (κ2) is 9.89. The Kier molecular flexibility index (Phi) is 7.43. The predicted octanol–water partition coefficient (Wildman–Crippen LogP) is 4.48. The molecule has 0 radical (unpaired) electrons. The molecule has 170 valence electrons. The van der Waals surface area contributed by atoms with Gasteiger partial charge in [0.25, 0.3) is 0 Å². The molecule has 0 spiro atoms. The van der Waals surface area contributed by atoms with Gasteiger partial charge in [0.15, 0.2) is 0 Å². The zero-order valence-corrected chi connectivity index (χ0v) is 19.8. The molecular weight excluding hydrogens is 429 g/mol. The fraction of sp³-hybridized carbons (Fsp3) is 0.391. The van der Waals surface area contributed by atoms with Gasteiger partial charge >= 0.3 is 19.2 Å². The first-order chi connectivity index (χ1) is 15.1. The molecule has 1 aromatic heterocycles. The lowest BCUT2D eigenvalue weighted by atomic mass is 9.77. The predicted molar refractivity (Wildman–Crippen MR) is 124 cm³/mol. The number of methoxy groups -OCH3 is 1. The van der Waals surface area contributed by atoms with Crippen LogP contribution in [0.15, 0.2) is 47.9 Å². The van der Waals surface area contributed by atoms with Gasteiger partial charge in [-0.1, -0.05) is 30.3 Å². The van der Waals surface area contributed by atoms with E-state index in [1.54, 1.807) is 6.07 Å². The first kappa shape index (κ1) is 24.0. The van der Waals surface area contributed by atoms with Crippen LogP contribution in [0.4, 0.5) is 4.79 Å². The average Bonchev–Trinajstić information content (AvgIpc) is 3.31. The van der Waals surface area contributed by atoms with E-state index < -0.39 is 30.4 Å². The number of hydrogen-bond donors (Lipinski definition) is 1. The highest BCUT2D eigenvalue weighted by Gasteiger charge is 2.52. The van der Waals surface area contributed by atoms with Crippen molar-refractivity contribution in [3.05, 3.63) is 63.3 Å². The summed E-state index contributed by atoms with van der Waals surface area (Å²) in [7, 11) is 0.691. The maximum Gasteiger partial charge on any atom is 0.492 e. The third-order valence-corrected chi connectivity index (χ3v) is 6.56. The third-order valence-electron chi connectivity index (χ3n) is 5.55. The van der Waals surface area contributed by atoms with E-state index in [1.807, 2.05) is 70.2 Å². The Hall–Kier alpha value is -2.62. The van der Waals surface area contributed by atoms with Gasteiger partial charge in [0.2, 0.25) is 0 Å². The summed E-state index contributed by atoms with van der Waals surface area (Å²) in [5.74, 6) is -0.394. The van der Waals surface area contributed by atoms with Gasteiger partial charge in [-0.05, 0) is 56.9 Å². The summed E-state index contributed by atoms with van der Waals surface area (Å²) in [5.41, 5.74) is 0.547. The molecule has 1 aromatic carbocycles. The highest BCUT2D eigenvalue weighted by atomic mass is 32.1. The molecule has 9 heteroatoms. The van der Waals surface area contributed by atoms with Crippen molar-refractivity contribution in [1.29, 1.82) is 0 Å². The van der Waals surface area contributed by atoms with Crippen LogP contribution < -0.4 is 5.32 Å². The fourth-order valence-electron chi connectivity index (χ4n) is 2.97. The molecule has 1 N–H and O–H groups in total. The van der Waals surface area contributed by atoms with Crippen molar-refractivity contribution in [1.82, 2.24) is 5.32 Å². The van der Waals surface area contributed by atoms with Crippen molar-refractivity contribution in [3.63, 3.8) is 0 Å². The van der Waals surface area contributed by atoms with Crippen LogP contribution in [0.5, 0.6) is 0 Å². The molecule has 3 rings (SSSR count). The van der Waals surface area contributed by atoms with Gasteiger partial charge in [-0.3, -0.25) is 0 Å². The number of ether oxygens (including phenoxy) is 2. The first-order valence-electron chi connectivity index (χ1n) is 10.3. The second-order valence-electron chi connectivity index (χ2n) is 8.42. The molecule has 0 atom stereocenters. The molecule has 0 unspecified atom stereocenters. The summed E-state index contributed by atoms with van der Waals surface area (Å²) >= 11 is 1.29. The number of rotatable bonds is 7. The Morgan fingerprint density at radius 3 is 2.34 bits per heavy atom. The summed E-state index contributed by atoms with van der Waals surface area (Å²) in [6.45, 7) is 8.20. The summed E-state index contributed by atoms with van der Waals surface area (Å²) < 4.78 is 22.4. The summed E-state index contributed by atoms with van der Waals surface area (Å²) in [6.07, 6.45) is 1.31. The fourth-order valence-corrected chi connectivity index (χ4v) is 3.87. The molecule has 32 heavy (non-hydrogen) atoms. The van der Waals surface area contributed by atoms with Crippen LogP contribution in [-0.2, 0) is 25.4 Å². The molecule has 1 amide bonds. The van der Waals surface area contributed by atoms with E-state index in [2.05, 4.69) is 5.32 Å². The van der Waals surface area contributed by atoms with Crippen molar-refractivity contribution in [2.24, 2.45) is 0 Å². The lowest BCUT2D eigenvalue weighted by Gasteiger charge is -2.32. The van der Waals surface area contributed by atoms with Gasteiger partial charge in [0, 0.05) is 11.4 Å². The molecule has 1 saturated heterocycles. The molecule has 1 fully saturated rings. The van der Waals surface area contributed by atoms with Gasteiger partial charge in [-0.25, -0.2) is 9.59 Å². The number of benzene rings is 1. The number of carbonyl (C=O) groups is 2. The summed E-state index contributed by atoms with van der Waals surface area (Å²) in [4.78, 5) is 25.4. The van der Waals surface area contributed by atoms with Gasteiger partial charge in [0.05, 0.1) is 18.3 Å². The zero-order chi connectivity index (χ0) is 23.4. The summed E-state index contributed by atoms with van der Waals surface area (Å²) in [5, 5.41) is 2.77. The molecular formula is C23H28BNO6S. The quantitative estimate of drug-likeness (QED) is 0.488. The number of esters is 1.